The van der Waals surface area contributed by atoms with E-state index in [-0.39, 0.29) is 46.2 Å². The first-order valence-electron chi connectivity index (χ1n) is 13.3. The van der Waals surface area contributed by atoms with Gasteiger partial charge in [0, 0.05) is 44.9 Å². The summed E-state index contributed by atoms with van der Waals surface area (Å²) in [7, 11) is 0. The van der Waals surface area contributed by atoms with Gasteiger partial charge in [0.15, 0.2) is 23.5 Å². The lowest BCUT2D eigenvalue weighted by Gasteiger charge is -2.23. The lowest BCUT2D eigenvalue weighted by molar-refractivity contribution is 0.362. The van der Waals surface area contributed by atoms with Crippen molar-refractivity contribution in [3.63, 3.8) is 0 Å². The number of nitrogens with zero attached hydrogens (tertiary/aromatic N) is 2. The third kappa shape index (κ3) is 2.83. The second-order valence-corrected chi connectivity index (χ2v) is 11.5. The first-order valence-corrected chi connectivity index (χ1v) is 13.3. The molecule has 1 aromatic carbocycles. The highest BCUT2D eigenvalue weighted by molar-refractivity contribution is 5.64. The number of hydrogen-bond donors (Lipinski definition) is 4. The SMILES string of the molecule is C=CCC12C=CC(C1)c1c2c(O)n(Cc2ccc(Cn3c(O)c4c(c3O)C3(CC=C)C=CC4C3)cc2)c1O. The van der Waals surface area contributed by atoms with E-state index in [1.807, 2.05) is 36.4 Å². The van der Waals surface area contributed by atoms with Gasteiger partial charge < -0.3 is 20.4 Å². The lowest BCUT2D eigenvalue weighted by Crippen LogP contribution is -2.17. The highest BCUT2D eigenvalue weighted by Crippen LogP contribution is 2.62. The fourth-order valence-electron chi connectivity index (χ4n) is 7.77. The molecule has 194 valence electrons. The Morgan fingerprint density at radius 1 is 0.684 bits per heavy atom. The van der Waals surface area contributed by atoms with Gasteiger partial charge in [-0.05, 0) is 36.8 Å². The molecular weight excluding hydrogens is 476 g/mol. The molecule has 2 heterocycles. The Hall–Kier alpha value is -4.06. The summed E-state index contributed by atoms with van der Waals surface area (Å²) < 4.78 is 3.18. The molecule has 0 saturated heterocycles. The van der Waals surface area contributed by atoms with E-state index in [4.69, 9.17) is 0 Å². The predicted molar refractivity (Wildman–Crippen MR) is 146 cm³/mol. The zero-order chi connectivity index (χ0) is 26.4. The molecular formula is C32H32N2O4. The Bertz CT molecular complexity index is 1450. The third-order valence-electron chi connectivity index (χ3n) is 9.41. The van der Waals surface area contributed by atoms with Crippen LogP contribution in [-0.2, 0) is 23.9 Å². The van der Waals surface area contributed by atoms with Gasteiger partial charge in [-0.1, -0.05) is 60.7 Å². The van der Waals surface area contributed by atoms with Gasteiger partial charge in [0.25, 0.3) is 0 Å². The molecule has 3 aromatic rings. The van der Waals surface area contributed by atoms with Gasteiger partial charge in [-0.25, -0.2) is 0 Å². The van der Waals surface area contributed by atoms with E-state index in [9.17, 15) is 20.4 Å². The van der Waals surface area contributed by atoms with Crippen molar-refractivity contribution in [2.24, 2.45) is 0 Å². The zero-order valence-electron chi connectivity index (χ0n) is 21.3. The van der Waals surface area contributed by atoms with E-state index in [0.717, 1.165) is 59.1 Å². The van der Waals surface area contributed by atoms with E-state index in [2.05, 4.69) is 37.5 Å². The number of hydrogen-bond acceptors (Lipinski definition) is 4. The molecule has 2 aromatic heterocycles. The standard InChI is InChI=1S/C32H32N2O4/c1-3-11-31-13-9-21(15-31)23-25(31)29(37)33(27(23)35)17-19-5-7-20(8-6-19)18-34-28(36)24-22-10-14-32(16-22,12-4-2)26(24)30(34)38/h3-10,13-14,21-22,35-38H,1-2,11-12,15-18H2. The molecule has 4 N–H and O–H groups in total. The highest BCUT2D eigenvalue weighted by atomic mass is 16.3. The van der Waals surface area contributed by atoms with Gasteiger partial charge in [-0.2, -0.15) is 0 Å². The first-order chi connectivity index (χ1) is 18.3. The van der Waals surface area contributed by atoms with Gasteiger partial charge in [0.1, 0.15) is 0 Å². The topological polar surface area (TPSA) is 90.8 Å². The average Bonchev–Trinajstić information content (AvgIpc) is 3.72. The van der Waals surface area contributed by atoms with Crippen LogP contribution in [0, 0.1) is 0 Å². The maximum atomic E-state index is 11.1. The molecule has 6 nitrogen and oxygen atoms in total. The van der Waals surface area contributed by atoms with Crippen molar-refractivity contribution in [2.45, 2.75) is 61.4 Å². The molecule has 0 fully saturated rings. The van der Waals surface area contributed by atoms with E-state index < -0.39 is 0 Å². The number of allylic oxidation sites excluding steroid dienone is 6. The van der Waals surface area contributed by atoms with Crippen molar-refractivity contribution in [1.82, 2.24) is 9.13 Å². The van der Waals surface area contributed by atoms with Crippen molar-refractivity contribution in [2.75, 3.05) is 0 Å². The third-order valence-corrected chi connectivity index (χ3v) is 9.41. The Kier molecular flexibility index (Phi) is 4.70. The molecule has 0 saturated carbocycles. The largest absolute Gasteiger partial charge is 0.494 e. The van der Waals surface area contributed by atoms with Crippen LogP contribution in [0.3, 0.4) is 0 Å². The Balaban J connectivity index is 1.15. The minimum Gasteiger partial charge on any atom is -0.494 e. The number of aromatic nitrogens is 2. The fourth-order valence-corrected chi connectivity index (χ4v) is 7.77. The molecule has 4 unspecified atom stereocenters. The molecule has 0 aliphatic heterocycles. The van der Waals surface area contributed by atoms with Crippen molar-refractivity contribution in [3.05, 3.63) is 107 Å². The van der Waals surface area contributed by atoms with Crippen LogP contribution in [0.2, 0.25) is 0 Å². The molecule has 6 heteroatoms. The fraction of sp³-hybridized carbons (Fsp3) is 0.312. The molecule has 4 aliphatic rings. The minimum atomic E-state index is -0.279. The van der Waals surface area contributed by atoms with E-state index in [0.29, 0.717) is 13.1 Å². The number of benzene rings is 1. The van der Waals surface area contributed by atoms with Crippen LogP contribution in [0.5, 0.6) is 23.5 Å². The second-order valence-electron chi connectivity index (χ2n) is 11.5. The summed E-state index contributed by atoms with van der Waals surface area (Å²) in [5.41, 5.74) is 4.66. The molecule has 4 aliphatic carbocycles. The van der Waals surface area contributed by atoms with Crippen molar-refractivity contribution >= 4 is 0 Å². The number of rotatable bonds is 8. The van der Waals surface area contributed by atoms with Crippen LogP contribution in [0.15, 0.2) is 73.9 Å². The van der Waals surface area contributed by atoms with E-state index in [1.54, 1.807) is 9.13 Å². The Morgan fingerprint density at radius 2 is 1.08 bits per heavy atom. The Labute approximate surface area is 221 Å². The average molecular weight is 509 g/mol. The van der Waals surface area contributed by atoms with Crippen molar-refractivity contribution in [1.29, 1.82) is 0 Å². The second kappa shape index (κ2) is 7.73. The van der Waals surface area contributed by atoms with Crippen LogP contribution in [0.4, 0.5) is 0 Å². The molecule has 4 atom stereocenters. The number of fused-ring (bicyclic) bond motifs is 10. The van der Waals surface area contributed by atoms with Gasteiger partial charge in [0.05, 0.1) is 13.1 Å². The van der Waals surface area contributed by atoms with Crippen LogP contribution in [-0.4, -0.2) is 29.6 Å². The van der Waals surface area contributed by atoms with E-state index in [1.165, 1.54) is 0 Å². The van der Waals surface area contributed by atoms with E-state index >= 15 is 0 Å². The van der Waals surface area contributed by atoms with Gasteiger partial charge in [-0.15, -0.1) is 13.2 Å². The Morgan fingerprint density at radius 3 is 1.45 bits per heavy atom. The van der Waals surface area contributed by atoms with Gasteiger partial charge in [0.2, 0.25) is 0 Å². The molecule has 7 rings (SSSR count). The summed E-state index contributed by atoms with van der Waals surface area (Å²) in [6.45, 7) is 8.47. The zero-order valence-corrected chi connectivity index (χ0v) is 21.3. The lowest BCUT2D eigenvalue weighted by atomic mass is 9.81. The molecule has 0 spiro atoms. The monoisotopic (exact) mass is 508 g/mol. The smallest absolute Gasteiger partial charge is 0.198 e. The highest BCUT2D eigenvalue weighted by Gasteiger charge is 2.51. The van der Waals surface area contributed by atoms with Crippen LogP contribution >= 0.6 is 0 Å². The molecule has 38 heavy (non-hydrogen) atoms. The first kappa shape index (κ1) is 23.1. The molecule has 4 bridgehead atoms. The van der Waals surface area contributed by atoms with Crippen molar-refractivity contribution < 1.29 is 20.4 Å². The maximum absolute atomic E-state index is 11.1. The summed E-state index contributed by atoms with van der Waals surface area (Å²) in [4.78, 5) is 0. The summed E-state index contributed by atoms with van der Waals surface area (Å²) in [6, 6.07) is 7.84. The summed E-state index contributed by atoms with van der Waals surface area (Å²) in [6.07, 6.45) is 15.5. The number of aromatic hydroxyl groups is 4. The predicted octanol–water partition coefficient (Wildman–Crippen LogP) is 5.95. The minimum absolute atomic E-state index is 0.124. The normalized spacial score (nSPS) is 27.3. The van der Waals surface area contributed by atoms with Crippen LogP contribution in [0.25, 0.3) is 0 Å². The van der Waals surface area contributed by atoms with Gasteiger partial charge in [-0.3, -0.25) is 9.13 Å². The van der Waals surface area contributed by atoms with Crippen LogP contribution in [0.1, 0.15) is 70.9 Å². The van der Waals surface area contributed by atoms with Gasteiger partial charge >= 0.3 is 0 Å². The summed E-state index contributed by atoms with van der Waals surface area (Å²) >= 11 is 0. The van der Waals surface area contributed by atoms with Crippen LogP contribution < -0.4 is 0 Å². The summed E-state index contributed by atoms with van der Waals surface area (Å²) in [5.74, 6) is 0.774. The molecule has 0 amide bonds. The maximum Gasteiger partial charge on any atom is 0.198 e. The quantitative estimate of drug-likeness (QED) is 0.283. The molecule has 0 radical (unpaired) electrons. The van der Waals surface area contributed by atoms with Crippen molar-refractivity contribution in [3.8, 4) is 23.5 Å². The summed E-state index contributed by atoms with van der Waals surface area (Å²) in [5, 5.41) is 44.4.